The maximum absolute atomic E-state index is 5.67. The van der Waals surface area contributed by atoms with Gasteiger partial charge >= 0.3 is 0 Å². The Morgan fingerprint density at radius 2 is 0.667 bits per heavy atom. The SMILES string of the molecule is COc1cc2c(cc1Br)[C@@H]1Cc3ccc(OC)c(OC)c3CN1CC2.COc1cc2c(cc1C)[C@@H]1Cc3ccc(OC)c(OC)c3CN1CC2.COc1cc2c(cc1C)[C@@H]1Cc3ccc(OC)c(OC)c3CN1CC2. The Bertz CT molecular complexity index is 2780. The summed E-state index contributed by atoms with van der Waals surface area (Å²) in [7, 11) is 15.5. The average molecular weight is 1080 g/mol. The Morgan fingerprint density at radius 1 is 0.360 bits per heavy atom. The second kappa shape index (κ2) is 22.2. The number of hydrogen-bond donors (Lipinski definition) is 0. The molecule has 6 heterocycles. The lowest BCUT2D eigenvalue weighted by molar-refractivity contribution is 0.157. The van der Waals surface area contributed by atoms with Crippen LogP contribution in [0.25, 0.3) is 0 Å². The zero-order valence-electron chi connectivity index (χ0n) is 45.5. The first kappa shape index (κ1) is 52.3. The quantitative estimate of drug-likeness (QED) is 0.138. The van der Waals surface area contributed by atoms with E-state index in [-0.39, 0.29) is 0 Å². The standard InChI is InChI=1S/2C21H25NO3.C20H22BrNO3/c2*1-13-9-16-15(11-20(13)24-3)7-8-22-12-17-14(10-18(16)22)5-6-19(23-2)21(17)25-4;1-23-18-5-4-12-8-17-14-10-16(21)19(24-2)9-13(14)6-7-22(17)11-15(12)20(18)25-3/h2*5-6,9,11,18H,7-8,10,12H2,1-4H3;4-5,9-10,17H,6-8,11H2,1-3H3/t2*18-;17-/m000/s1. The number of hydrogen-bond acceptors (Lipinski definition) is 12. The van der Waals surface area contributed by atoms with Gasteiger partial charge in [-0.3, -0.25) is 14.7 Å². The molecule has 396 valence electrons. The Balaban J connectivity index is 0.000000128. The Morgan fingerprint density at radius 3 is 0.973 bits per heavy atom. The fourth-order valence-electron chi connectivity index (χ4n) is 12.8. The monoisotopic (exact) mass is 1080 g/mol. The third-order valence-electron chi connectivity index (χ3n) is 16.7. The molecule has 6 aliphatic rings. The molecule has 0 spiro atoms. The third-order valence-corrected chi connectivity index (χ3v) is 17.3. The number of rotatable bonds is 9. The molecule has 12 nitrogen and oxygen atoms in total. The molecule has 12 rings (SSSR count). The molecule has 75 heavy (non-hydrogen) atoms. The molecule has 0 unspecified atom stereocenters. The first-order valence-corrected chi connectivity index (χ1v) is 26.9. The lowest BCUT2D eigenvalue weighted by Gasteiger charge is -2.42. The van der Waals surface area contributed by atoms with Gasteiger partial charge in [0.15, 0.2) is 34.5 Å². The minimum absolute atomic E-state index is 0.400. The van der Waals surface area contributed by atoms with E-state index in [1.165, 1.54) is 77.9 Å². The molecule has 0 amide bonds. The van der Waals surface area contributed by atoms with Crippen molar-refractivity contribution in [1.82, 2.24) is 14.7 Å². The Kier molecular flexibility index (Phi) is 15.5. The van der Waals surface area contributed by atoms with Crippen LogP contribution in [-0.4, -0.2) is 98.3 Å². The van der Waals surface area contributed by atoms with Gasteiger partial charge < -0.3 is 42.6 Å². The van der Waals surface area contributed by atoms with Gasteiger partial charge in [0, 0.05) is 74.1 Å². The molecule has 13 heteroatoms. The molecule has 6 aliphatic heterocycles. The number of ether oxygens (including phenoxy) is 9. The normalized spacial score (nSPS) is 18.8. The molecule has 0 radical (unpaired) electrons. The molecule has 6 aromatic carbocycles. The highest BCUT2D eigenvalue weighted by molar-refractivity contribution is 9.10. The van der Waals surface area contributed by atoms with Crippen LogP contribution in [0.3, 0.4) is 0 Å². The molecule has 0 saturated heterocycles. The summed E-state index contributed by atoms with van der Waals surface area (Å²) in [6.45, 7) is 10.1. The fourth-order valence-corrected chi connectivity index (χ4v) is 13.4. The van der Waals surface area contributed by atoms with Crippen LogP contribution >= 0.6 is 15.9 Å². The lowest BCUT2D eigenvalue weighted by Crippen LogP contribution is -2.39. The summed E-state index contributed by atoms with van der Waals surface area (Å²) in [5, 5.41) is 0. The molecule has 0 fully saturated rings. The summed E-state index contributed by atoms with van der Waals surface area (Å²) in [5.74, 6) is 7.99. The van der Waals surface area contributed by atoms with Crippen LogP contribution in [0.15, 0.2) is 77.3 Å². The maximum Gasteiger partial charge on any atom is 0.165 e. The predicted molar refractivity (Wildman–Crippen MR) is 296 cm³/mol. The summed E-state index contributed by atoms with van der Waals surface area (Å²) in [5.41, 5.74) is 18.8. The van der Waals surface area contributed by atoms with Crippen molar-refractivity contribution >= 4 is 15.9 Å². The van der Waals surface area contributed by atoms with Crippen molar-refractivity contribution in [1.29, 1.82) is 0 Å². The number of benzene rings is 6. The van der Waals surface area contributed by atoms with Crippen molar-refractivity contribution in [2.45, 2.75) is 90.1 Å². The third kappa shape index (κ3) is 9.74. The van der Waals surface area contributed by atoms with Crippen molar-refractivity contribution in [2.24, 2.45) is 0 Å². The second-order valence-electron chi connectivity index (χ2n) is 20.4. The van der Waals surface area contributed by atoms with Crippen LogP contribution in [0.5, 0.6) is 51.7 Å². The predicted octanol–water partition coefficient (Wildman–Crippen LogP) is 11.5. The lowest BCUT2D eigenvalue weighted by atomic mass is 9.83. The van der Waals surface area contributed by atoms with E-state index in [1.807, 2.05) is 18.2 Å². The topological polar surface area (TPSA) is 92.8 Å². The molecule has 0 bridgehead atoms. The van der Waals surface area contributed by atoms with Crippen molar-refractivity contribution < 1.29 is 42.6 Å². The number of fused-ring (bicyclic) bond motifs is 12. The maximum atomic E-state index is 5.67. The molecule has 6 aromatic rings. The number of aryl methyl sites for hydroxylation is 2. The van der Waals surface area contributed by atoms with E-state index in [4.69, 9.17) is 42.6 Å². The van der Waals surface area contributed by atoms with Crippen molar-refractivity contribution in [3.8, 4) is 51.7 Å². The smallest absolute Gasteiger partial charge is 0.165 e. The fraction of sp³-hybridized carbons (Fsp3) is 0.419. The molecular formula is C62H72BrN3O9. The van der Waals surface area contributed by atoms with Crippen LogP contribution in [0.2, 0.25) is 0 Å². The zero-order valence-corrected chi connectivity index (χ0v) is 47.1. The summed E-state index contributed by atoms with van der Waals surface area (Å²) >= 11 is 3.65. The van der Waals surface area contributed by atoms with Gasteiger partial charge in [-0.05, 0) is 172 Å². The average Bonchev–Trinajstić information content (AvgIpc) is 3.44. The van der Waals surface area contributed by atoms with Gasteiger partial charge in [-0.2, -0.15) is 0 Å². The minimum atomic E-state index is 0.400. The highest BCUT2D eigenvalue weighted by atomic mass is 79.9. The number of methoxy groups -OCH3 is 9. The molecule has 0 aliphatic carbocycles. The van der Waals surface area contributed by atoms with Gasteiger partial charge in [0.1, 0.15) is 17.2 Å². The largest absolute Gasteiger partial charge is 0.496 e. The molecular weight excluding hydrogens is 1010 g/mol. The van der Waals surface area contributed by atoms with Gasteiger partial charge in [-0.25, -0.2) is 0 Å². The van der Waals surface area contributed by atoms with Gasteiger partial charge in [0.2, 0.25) is 0 Å². The van der Waals surface area contributed by atoms with E-state index in [2.05, 4.69) is 99.1 Å². The van der Waals surface area contributed by atoms with E-state index >= 15 is 0 Å². The first-order valence-electron chi connectivity index (χ1n) is 26.1. The molecule has 0 aromatic heterocycles. The van der Waals surface area contributed by atoms with Crippen LogP contribution in [-0.2, 0) is 58.2 Å². The summed E-state index contributed by atoms with van der Waals surface area (Å²) < 4.78 is 50.9. The Labute approximate surface area is 451 Å². The minimum Gasteiger partial charge on any atom is -0.496 e. The van der Waals surface area contributed by atoms with Gasteiger partial charge in [-0.15, -0.1) is 0 Å². The molecule has 0 saturated carbocycles. The van der Waals surface area contributed by atoms with Crippen molar-refractivity contribution in [3.05, 3.63) is 155 Å². The van der Waals surface area contributed by atoms with Crippen molar-refractivity contribution in [2.75, 3.05) is 83.6 Å². The van der Waals surface area contributed by atoms with Crippen LogP contribution < -0.4 is 42.6 Å². The second-order valence-corrected chi connectivity index (χ2v) is 21.2. The highest BCUT2D eigenvalue weighted by Crippen LogP contribution is 2.48. The Hall–Kier alpha value is -6.12. The van der Waals surface area contributed by atoms with Gasteiger partial charge in [0.25, 0.3) is 0 Å². The van der Waals surface area contributed by atoms with Crippen LogP contribution in [0.1, 0.15) is 96.0 Å². The van der Waals surface area contributed by atoms with Crippen LogP contribution in [0.4, 0.5) is 0 Å². The number of nitrogens with zero attached hydrogens (tertiary/aromatic N) is 3. The van der Waals surface area contributed by atoms with Crippen molar-refractivity contribution in [3.63, 3.8) is 0 Å². The van der Waals surface area contributed by atoms with Gasteiger partial charge in [0.05, 0.1) is 68.5 Å². The van der Waals surface area contributed by atoms with E-state index in [0.29, 0.717) is 18.1 Å². The zero-order chi connectivity index (χ0) is 52.7. The summed E-state index contributed by atoms with van der Waals surface area (Å²) in [4.78, 5) is 7.68. The first-order chi connectivity index (χ1) is 36.5. The molecule has 3 atom stereocenters. The summed E-state index contributed by atoms with van der Waals surface area (Å²) in [6.07, 6.45) is 6.16. The molecule has 0 N–H and O–H groups in total. The summed E-state index contributed by atoms with van der Waals surface area (Å²) in [6, 6.07) is 27.4. The van der Waals surface area contributed by atoms with E-state index in [1.54, 1.807) is 64.0 Å². The van der Waals surface area contributed by atoms with E-state index in [0.717, 1.165) is 134 Å². The van der Waals surface area contributed by atoms with E-state index in [9.17, 15) is 0 Å². The number of halogens is 1. The van der Waals surface area contributed by atoms with Gasteiger partial charge in [-0.1, -0.05) is 30.3 Å². The van der Waals surface area contributed by atoms with Crippen LogP contribution in [0, 0.1) is 13.8 Å². The van der Waals surface area contributed by atoms with E-state index < -0.39 is 0 Å². The highest BCUT2D eigenvalue weighted by Gasteiger charge is 2.38.